The Labute approximate surface area is 425 Å². The molecule has 7 aliphatic rings. The van der Waals surface area contributed by atoms with Crippen molar-refractivity contribution in [2.75, 3.05) is 78.9 Å². The molecule has 2 spiro atoms. The average molecular weight is 1000 g/mol. The number of amides is 1. The lowest BCUT2D eigenvalue weighted by Gasteiger charge is -2.45. The number of nitrogens with zero attached hydrogens (tertiary/aromatic N) is 5. The van der Waals surface area contributed by atoms with Gasteiger partial charge in [-0.15, -0.1) is 0 Å². The van der Waals surface area contributed by atoms with Gasteiger partial charge >= 0.3 is 5.79 Å². The Hall–Kier alpha value is -4.91. The molecule has 7 heterocycles. The number of phenolic OH excluding ortho intramolecular Hbond substituents is 2. The van der Waals surface area contributed by atoms with Crippen LogP contribution in [0.3, 0.4) is 0 Å². The van der Waals surface area contributed by atoms with Gasteiger partial charge in [-0.05, 0) is 83.4 Å². The second kappa shape index (κ2) is 23.5. The van der Waals surface area contributed by atoms with Gasteiger partial charge in [0.2, 0.25) is 0 Å². The fourth-order valence-electron chi connectivity index (χ4n) is 11.3. The van der Waals surface area contributed by atoms with Crippen LogP contribution in [0.2, 0.25) is 0 Å². The van der Waals surface area contributed by atoms with Gasteiger partial charge in [0.25, 0.3) is 18.2 Å². The van der Waals surface area contributed by atoms with Crippen LogP contribution >= 0.6 is 0 Å². The average Bonchev–Trinajstić information content (AvgIpc) is 3.84. The second-order valence-electron chi connectivity index (χ2n) is 21.9. The number of carbonyl (C=O) groups excluding carboxylic acids is 3. The number of Topliss-reactive ketones (excluding diaryl/α,β-unsaturated/α-hetero) is 1. The minimum absolute atomic E-state index is 0.0336. The van der Waals surface area contributed by atoms with Crippen LogP contribution in [0, 0.1) is 36.5 Å². The number of ether oxygens (including phenoxy) is 4. The highest BCUT2D eigenvalue weighted by Gasteiger charge is 2.50. The van der Waals surface area contributed by atoms with Gasteiger partial charge in [-0.25, -0.2) is 4.99 Å². The van der Waals surface area contributed by atoms with Crippen LogP contribution in [0.15, 0.2) is 46.1 Å². The molecule has 1 amide bonds. The van der Waals surface area contributed by atoms with E-state index in [0.29, 0.717) is 49.3 Å². The molecule has 3 fully saturated rings. The van der Waals surface area contributed by atoms with Crippen molar-refractivity contribution in [1.82, 2.24) is 14.7 Å². The van der Waals surface area contributed by atoms with E-state index in [0.717, 1.165) is 46.4 Å². The Morgan fingerprint density at radius 1 is 0.931 bits per heavy atom. The summed E-state index contributed by atoms with van der Waals surface area (Å²) >= 11 is 0. The first kappa shape index (κ1) is 56.4. The number of rotatable bonds is 4. The molecule has 5 N–H and O–H groups in total. The Bertz CT molecular complexity index is 2510. The molecule has 3 saturated heterocycles. The van der Waals surface area contributed by atoms with Gasteiger partial charge in [0.15, 0.2) is 5.75 Å². The lowest BCUT2D eigenvalue weighted by molar-refractivity contribution is -0.143. The summed E-state index contributed by atoms with van der Waals surface area (Å²) in [5.41, 5.74) is 0.366. The number of aliphatic hydroxyl groups is 2. The zero-order chi connectivity index (χ0) is 52.9. The first-order valence-electron chi connectivity index (χ1n) is 25.8. The van der Waals surface area contributed by atoms with Gasteiger partial charge in [0.05, 0.1) is 41.2 Å². The number of aliphatic hydroxyl groups excluding tert-OH is 2. The molecule has 7 atom stereocenters. The summed E-state index contributed by atoms with van der Waals surface area (Å²) in [7, 11) is 5.39. The third kappa shape index (κ3) is 12.0. The van der Waals surface area contributed by atoms with E-state index in [9.17, 15) is 29.7 Å². The Morgan fingerprint density at radius 2 is 1.61 bits per heavy atom. The SMILES string of the molecule is C/C1=C/C=C/[C@H](C)C[C@@H](C)[C@@H](O)[C@@H](C)C(OC=O)[C@H](C)C/C=C/O[C@@]2(C)Oc3c(C)c(O)c4c(O)c(c5c(c4c3C2=O)NC2(CCN(CC(C)C)CC2)N=5)=NC1=O.CN1CCC2(CC1)CN(C)CCO2.CO. The van der Waals surface area contributed by atoms with E-state index in [-0.39, 0.29) is 67.5 Å². The van der Waals surface area contributed by atoms with Crippen molar-refractivity contribution in [2.45, 2.75) is 130 Å². The van der Waals surface area contributed by atoms with Crippen LogP contribution in [0.25, 0.3) is 10.8 Å². The fourth-order valence-corrected chi connectivity index (χ4v) is 11.3. The molecule has 17 nitrogen and oxygen atoms in total. The number of anilines is 1. The fraction of sp³-hybridized carbons (Fsp3) is 0.655. The molecule has 1 unspecified atom stereocenters. The van der Waals surface area contributed by atoms with E-state index in [1.165, 1.54) is 39.1 Å². The van der Waals surface area contributed by atoms with E-state index >= 15 is 0 Å². The maximum absolute atomic E-state index is 14.6. The number of likely N-dealkylation sites (N-methyl/N-ethyl adjacent to an activating group) is 1. The third-order valence-electron chi connectivity index (χ3n) is 15.5. The van der Waals surface area contributed by atoms with Crippen molar-refractivity contribution in [1.29, 1.82) is 0 Å². The molecule has 0 saturated carbocycles. The molecule has 7 aliphatic heterocycles. The molecule has 0 aromatic heterocycles. The van der Waals surface area contributed by atoms with Gasteiger partial charge < -0.3 is 59.4 Å². The predicted octanol–water partition coefficient (Wildman–Crippen LogP) is 5.78. The van der Waals surface area contributed by atoms with Crippen molar-refractivity contribution in [3.63, 3.8) is 0 Å². The zero-order valence-electron chi connectivity index (χ0n) is 44.8. The van der Waals surface area contributed by atoms with Crippen LogP contribution in [-0.4, -0.2) is 156 Å². The van der Waals surface area contributed by atoms with Crippen LogP contribution in [0.4, 0.5) is 5.69 Å². The molecule has 0 aliphatic carbocycles. The van der Waals surface area contributed by atoms with Gasteiger partial charge in [0.1, 0.15) is 34.0 Å². The Morgan fingerprint density at radius 3 is 2.25 bits per heavy atom. The number of phenols is 2. The zero-order valence-corrected chi connectivity index (χ0v) is 44.8. The summed E-state index contributed by atoms with van der Waals surface area (Å²) in [6.45, 7) is 25.2. The summed E-state index contributed by atoms with van der Waals surface area (Å²) in [4.78, 5) is 56.7. The first-order valence-corrected chi connectivity index (χ1v) is 25.8. The summed E-state index contributed by atoms with van der Waals surface area (Å²) in [6.07, 6.45) is 11.8. The molecule has 72 heavy (non-hydrogen) atoms. The van der Waals surface area contributed by atoms with Gasteiger partial charge in [-0.2, -0.15) is 0 Å². The summed E-state index contributed by atoms with van der Waals surface area (Å²) in [5.74, 6) is -3.94. The number of fused-ring (bicyclic) bond motifs is 13. The molecule has 2 aromatic carbocycles. The number of morpholine rings is 1. The normalized spacial score (nSPS) is 30.6. The molecule has 17 heteroatoms. The molecule has 2 aromatic rings. The summed E-state index contributed by atoms with van der Waals surface area (Å²) in [5, 5.41) is 46.0. The molecule has 0 radical (unpaired) electrons. The summed E-state index contributed by atoms with van der Waals surface area (Å²) < 4.78 is 23.8. The number of likely N-dealkylation sites (tertiary alicyclic amines) is 2. The lowest BCUT2D eigenvalue weighted by Crippen LogP contribution is -2.55. The first-order chi connectivity index (χ1) is 34.1. The number of ketones is 1. The molecule has 398 valence electrons. The van der Waals surface area contributed by atoms with Crippen LogP contribution < -0.4 is 20.8 Å². The van der Waals surface area contributed by atoms with Crippen molar-refractivity contribution in [3.05, 3.63) is 58.0 Å². The van der Waals surface area contributed by atoms with E-state index in [1.807, 2.05) is 33.8 Å². The molecule has 9 rings (SSSR count). The predicted molar refractivity (Wildman–Crippen MR) is 277 cm³/mol. The number of nitrogens with one attached hydrogen (secondary N) is 1. The summed E-state index contributed by atoms with van der Waals surface area (Å²) in [6, 6.07) is 0. The molecular weight excluding hydrogens is 921 g/mol. The highest BCUT2D eigenvalue weighted by atomic mass is 16.7. The minimum Gasteiger partial charge on any atom is -0.507 e. The smallest absolute Gasteiger partial charge is 0.312 e. The number of allylic oxidation sites excluding steroid dienone is 4. The van der Waals surface area contributed by atoms with E-state index < -0.39 is 47.0 Å². The van der Waals surface area contributed by atoms with E-state index in [1.54, 1.807) is 32.1 Å². The maximum Gasteiger partial charge on any atom is 0.312 e. The van der Waals surface area contributed by atoms with Gasteiger partial charge in [0, 0.05) is 95.1 Å². The van der Waals surface area contributed by atoms with E-state index in [4.69, 9.17) is 29.0 Å². The quantitative estimate of drug-likeness (QED) is 0.181. The van der Waals surface area contributed by atoms with Crippen molar-refractivity contribution in [3.8, 4) is 17.2 Å². The number of aromatic hydroxyl groups is 2. The number of hydrogen-bond donors (Lipinski definition) is 5. The van der Waals surface area contributed by atoms with Crippen LogP contribution in [-0.2, 0) is 23.8 Å². The number of piperidine rings is 2. The number of carbonyl (C=O) groups is 3. The molecular formula is C55H82N6O11. The standard InChI is InChI=1S/C44H58N4O9.C10H20N2O.CH4O/c1-23(2)21-48-17-15-44(16-18-48)46-33-30-31-37(51)29(8)40-32(30)41(53)43(9,57-40)56-19-11-14-25(4)39(55-22-49)28(7)36(50)27(6)20-24(3)12-10-13-26(5)42(54)45-35(38(31)52)34(33)47-44;1-11-5-3-10(4-6-11)9-12(2)7-8-13-10;1-2/h10-13,19,22-25,27-28,36,39,46,50-52H,14-18,20-21H2,1-9H3;3-9H2,1-2H3;2H,1H3/b12-10+,19-11+,26-13-,45-35?;;/t24-,25+,27+,28+,36+,39?,43-;;/m0../s1. The number of hydrogen-bond acceptors (Lipinski definition) is 16. The minimum atomic E-state index is -1.85. The van der Waals surface area contributed by atoms with E-state index in [2.05, 4.69) is 53.0 Å². The monoisotopic (exact) mass is 1000 g/mol. The highest BCUT2D eigenvalue weighted by Crippen LogP contribution is 2.51. The Balaban J connectivity index is 0.000000482. The maximum atomic E-state index is 14.6. The van der Waals surface area contributed by atoms with Crippen molar-refractivity contribution in [2.24, 2.45) is 39.6 Å². The topological polar surface area (TPSA) is 216 Å². The Kier molecular flexibility index (Phi) is 18.4. The van der Waals surface area contributed by atoms with Gasteiger partial charge in [-0.3, -0.25) is 19.4 Å². The van der Waals surface area contributed by atoms with Crippen LogP contribution in [0.1, 0.15) is 110 Å². The highest BCUT2D eigenvalue weighted by molar-refractivity contribution is 6.21. The third-order valence-corrected chi connectivity index (χ3v) is 15.5. The lowest BCUT2D eigenvalue weighted by atomic mass is 9.80. The van der Waals surface area contributed by atoms with Crippen LogP contribution in [0.5, 0.6) is 17.2 Å². The van der Waals surface area contributed by atoms with Crippen molar-refractivity contribution < 1.29 is 53.8 Å². The largest absolute Gasteiger partial charge is 0.507 e. The van der Waals surface area contributed by atoms with Gasteiger partial charge in [-0.1, -0.05) is 59.8 Å². The van der Waals surface area contributed by atoms with Crippen molar-refractivity contribution >= 4 is 34.6 Å². The number of benzene rings is 2. The molecule has 5 bridgehead atoms. The second-order valence-corrected chi connectivity index (χ2v) is 21.9.